The molecule has 0 aliphatic carbocycles. The summed E-state index contributed by atoms with van der Waals surface area (Å²) in [5.74, 6) is 2.00. The highest BCUT2D eigenvalue weighted by atomic mass is 16.1. The van der Waals surface area contributed by atoms with Crippen LogP contribution in [0.2, 0.25) is 0 Å². The van der Waals surface area contributed by atoms with E-state index in [1.54, 1.807) is 24.8 Å². The zero-order valence-electron chi connectivity index (χ0n) is 17.0. The molecule has 0 fully saturated rings. The fraction of sp³-hybridized carbons (Fsp3) is 0.400. The SMILES string of the molecule is CCC1C(C=O)N(C)c2cnc(-n3ccnc3-c3cncnc3)nc2N1C(C)C. The lowest BCUT2D eigenvalue weighted by atomic mass is 9.98. The zero-order valence-corrected chi connectivity index (χ0v) is 17.0. The number of aldehydes is 1. The Morgan fingerprint density at radius 3 is 2.59 bits per heavy atom. The van der Waals surface area contributed by atoms with E-state index in [0.717, 1.165) is 29.8 Å². The Bertz CT molecular complexity index is 1000. The minimum absolute atomic E-state index is 0.0394. The van der Waals surface area contributed by atoms with Crippen LogP contribution in [0, 0.1) is 0 Å². The molecule has 3 aromatic rings. The molecule has 150 valence electrons. The van der Waals surface area contributed by atoms with Gasteiger partial charge in [0.25, 0.3) is 0 Å². The van der Waals surface area contributed by atoms with Crippen molar-refractivity contribution in [1.82, 2.24) is 29.5 Å². The minimum atomic E-state index is -0.241. The van der Waals surface area contributed by atoms with Gasteiger partial charge < -0.3 is 14.6 Å². The van der Waals surface area contributed by atoms with Crippen LogP contribution in [0.15, 0.2) is 37.3 Å². The van der Waals surface area contributed by atoms with Crippen molar-refractivity contribution in [2.24, 2.45) is 0 Å². The molecule has 0 saturated heterocycles. The summed E-state index contributed by atoms with van der Waals surface area (Å²) in [5, 5.41) is 0. The highest BCUT2D eigenvalue weighted by molar-refractivity contribution is 5.79. The van der Waals surface area contributed by atoms with Crippen LogP contribution in [0.4, 0.5) is 11.5 Å². The Kier molecular flexibility index (Phi) is 4.96. The second-order valence-corrected chi connectivity index (χ2v) is 7.34. The van der Waals surface area contributed by atoms with Crippen molar-refractivity contribution in [3.05, 3.63) is 37.3 Å². The number of anilines is 2. The average Bonchev–Trinajstić information content (AvgIpc) is 3.23. The molecule has 2 atom stereocenters. The first-order chi connectivity index (χ1) is 14.1. The van der Waals surface area contributed by atoms with Gasteiger partial charge in [0.05, 0.1) is 23.5 Å². The third-order valence-electron chi connectivity index (χ3n) is 5.35. The smallest absolute Gasteiger partial charge is 0.237 e. The van der Waals surface area contributed by atoms with Crippen molar-refractivity contribution in [1.29, 1.82) is 0 Å². The monoisotopic (exact) mass is 392 g/mol. The fourth-order valence-corrected chi connectivity index (χ4v) is 3.99. The van der Waals surface area contributed by atoms with Crippen LogP contribution in [0.25, 0.3) is 17.3 Å². The number of fused-ring (bicyclic) bond motifs is 1. The summed E-state index contributed by atoms with van der Waals surface area (Å²) in [4.78, 5) is 38.1. The van der Waals surface area contributed by atoms with Crippen LogP contribution in [0.3, 0.4) is 0 Å². The number of likely N-dealkylation sites (N-methyl/N-ethyl adjacent to an activating group) is 1. The molecule has 0 radical (unpaired) electrons. The van der Waals surface area contributed by atoms with Gasteiger partial charge in [-0.25, -0.2) is 19.9 Å². The van der Waals surface area contributed by atoms with Gasteiger partial charge in [-0.05, 0) is 20.3 Å². The van der Waals surface area contributed by atoms with Crippen LogP contribution in [0.5, 0.6) is 0 Å². The molecule has 0 amide bonds. The average molecular weight is 392 g/mol. The second kappa shape index (κ2) is 7.57. The Labute approximate surface area is 169 Å². The number of nitrogens with zero attached hydrogens (tertiary/aromatic N) is 8. The third-order valence-corrected chi connectivity index (χ3v) is 5.35. The van der Waals surface area contributed by atoms with Crippen molar-refractivity contribution in [2.45, 2.75) is 45.3 Å². The van der Waals surface area contributed by atoms with Gasteiger partial charge in [-0.15, -0.1) is 0 Å². The molecule has 9 heteroatoms. The van der Waals surface area contributed by atoms with E-state index in [-0.39, 0.29) is 18.1 Å². The summed E-state index contributed by atoms with van der Waals surface area (Å²) < 4.78 is 1.82. The van der Waals surface area contributed by atoms with E-state index in [1.807, 2.05) is 22.7 Å². The topological polar surface area (TPSA) is 92.9 Å². The quantitative estimate of drug-likeness (QED) is 0.610. The molecular weight excluding hydrogens is 368 g/mol. The van der Waals surface area contributed by atoms with Gasteiger partial charge >= 0.3 is 0 Å². The van der Waals surface area contributed by atoms with Crippen molar-refractivity contribution >= 4 is 17.8 Å². The standard InChI is InChI=1S/C20H24N8O/c1-5-15-17(11-29)26(4)16-10-24-20(25-19(16)28(15)13(2)3)27-7-6-23-18(27)14-8-21-12-22-9-14/h6-13,15,17H,5H2,1-4H3. The molecule has 4 rings (SSSR count). The Hall–Kier alpha value is -3.36. The van der Waals surface area contributed by atoms with E-state index in [4.69, 9.17) is 4.98 Å². The Morgan fingerprint density at radius 1 is 1.17 bits per heavy atom. The molecule has 0 bridgehead atoms. The van der Waals surface area contributed by atoms with Crippen LogP contribution in [-0.2, 0) is 4.79 Å². The van der Waals surface area contributed by atoms with E-state index in [2.05, 4.69) is 45.6 Å². The summed E-state index contributed by atoms with van der Waals surface area (Å²) in [6.45, 7) is 6.33. The lowest BCUT2D eigenvalue weighted by molar-refractivity contribution is -0.109. The predicted octanol–water partition coefficient (Wildman–Crippen LogP) is 2.13. The molecule has 0 N–H and O–H groups in total. The summed E-state index contributed by atoms with van der Waals surface area (Å²) in [7, 11) is 1.92. The molecule has 4 heterocycles. The first-order valence-corrected chi connectivity index (χ1v) is 9.69. The highest BCUT2D eigenvalue weighted by Crippen LogP contribution is 2.38. The normalized spacial score (nSPS) is 18.8. The molecule has 0 saturated carbocycles. The Morgan fingerprint density at radius 2 is 1.93 bits per heavy atom. The van der Waals surface area contributed by atoms with Crippen molar-refractivity contribution in [2.75, 3.05) is 16.8 Å². The number of rotatable bonds is 5. The fourth-order valence-electron chi connectivity index (χ4n) is 3.99. The maximum Gasteiger partial charge on any atom is 0.237 e. The zero-order chi connectivity index (χ0) is 20.5. The van der Waals surface area contributed by atoms with Crippen LogP contribution in [0.1, 0.15) is 27.2 Å². The maximum atomic E-state index is 11.8. The molecular formula is C20H24N8O. The number of hydrogen-bond donors (Lipinski definition) is 0. The van der Waals surface area contributed by atoms with Gasteiger partial charge in [-0.1, -0.05) is 6.92 Å². The van der Waals surface area contributed by atoms with Gasteiger partial charge in [-0.3, -0.25) is 4.57 Å². The third kappa shape index (κ3) is 3.12. The van der Waals surface area contributed by atoms with Crippen LogP contribution < -0.4 is 9.80 Å². The number of hydrogen-bond acceptors (Lipinski definition) is 8. The van der Waals surface area contributed by atoms with E-state index in [0.29, 0.717) is 11.8 Å². The van der Waals surface area contributed by atoms with E-state index in [9.17, 15) is 4.79 Å². The molecule has 0 aromatic carbocycles. The van der Waals surface area contributed by atoms with Crippen LogP contribution >= 0.6 is 0 Å². The lowest BCUT2D eigenvalue weighted by Crippen LogP contribution is -2.58. The number of carbonyl (C=O) groups excluding carboxylic acids is 1. The predicted molar refractivity (Wildman–Crippen MR) is 110 cm³/mol. The number of imidazole rings is 1. The van der Waals surface area contributed by atoms with E-state index in [1.165, 1.54) is 6.33 Å². The summed E-state index contributed by atoms with van der Waals surface area (Å²) in [5.41, 5.74) is 1.62. The molecule has 1 aliphatic heterocycles. The molecule has 9 nitrogen and oxygen atoms in total. The molecule has 29 heavy (non-hydrogen) atoms. The van der Waals surface area contributed by atoms with Gasteiger partial charge in [0.15, 0.2) is 5.82 Å². The minimum Gasteiger partial charge on any atom is -0.359 e. The molecule has 0 spiro atoms. The Balaban J connectivity index is 1.85. The number of aromatic nitrogens is 6. The van der Waals surface area contributed by atoms with Crippen molar-refractivity contribution in [3.8, 4) is 17.3 Å². The molecule has 3 aromatic heterocycles. The molecule has 1 aliphatic rings. The highest BCUT2D eigenvalue weighted by Gasteiger charge is 2.39. The van der Waals surface area contributed by atoms with Gasteiger partial charge in [-0.2, -0.15) is 4.98 Å². The summed E-state index contributed by atoms with van der Waals surface area (Å²) >= 11 is 0. The second-order valence-electron chi connectivity index (χ2n) is 7.34. The van der Waals surface area contributed by atoms with Crippen LogP contribution in [-0.4, -0.2) is 60.9 Å². The van der Waals surface area contributed by atoms with Gasteiger partial charge in [0.1, 0.15) is 24.5 Å². The first-order valence-electron chi connectivity index (χ1n) is 9.69. The molecule has 2 unspecified atom stereocenters. The summed E-state index contributed by atoms with van der Waals surface area (Å²) in [6.07, 6.45) is 12.1. The maximum absolute atomic E-state index is 11.8. The first kappa shape index (κ1) is 19.0. The lowest BCUT2D eigenvalue weighted by Gasteiger charge is -2.47. The summed E-state index contributed by atoms with van der Waals surface area (Å²) in [6, 6.07) is -0.0189. The van der Waals surface area contributed by atoms with Crippen molar-refractivity contribution < 1.29 is 4.79 Å². The number of carbonyl (C=O) groups is 1. The van der Waals surface area contributed by atoms with Gasteiger partial charge in [0, 0.05) is 37.9 Å². The van der Waals surface area contributed by atoms with E-state index >= 15 is 0 Å². The van der Waals surface area contributed by atoms with Crippen molar-refractivity contribution in [3.63, 3.8) is 0 Å². The van der Waals surface area contributed by atoms with Gasteiger partial charge in [0.2, 0.25) is 5.95 Å². The largest absolute Gasteiger partial charge is 0.359 e. The van der Waals surface area contributed by atoms with E-state index < -0.39 is 0 Å².